The van der Waals surface area contributed by atoms with Gasteiger partial charge in [0.1, 0.15) is 0 Å². The van der Waals surface area contributed by atoms with E-state index in [1.807, 2.05) is 18.2 Å². The number of nitrogens with zero attached hydrogens (tertiary/aromatic N) is 2. The van der Waals surface area contributed by atoms with Crippen molar-refractivity contribution in [2.45, 2.75) is 62.6 Å². The van der Waals surface area contributed by atoms with Gasteiger partial charge in [0.05, 0.1) is 17.3 Å². The molecule has 0 saturated carbocycles. The number of anilines is 1. The summed E-state index contributed by atoms with van der Waals surface area (Å²) in [5, 5.41) is 4.75. The van der Waals surface area contributed by atoms with Gasteiger partial charge in [0.25, 0.3) is 11.1 Å². The number of aryl methyl sites for hydroxylation is 2. The Kier molecular flexibility index (Phi) is 4.71. The van der Waals surface area contributed by atoms with Gasteiger partial charge in [-0.3, -0.25) is 19.0 Å². The number of thioether (sulfide) groups is 1. The third kappa shape index (κ3) is 3.20. The van der Waals surface area contributed by atoms with E-state index in [0.29, 0.717) is 11.4 Å². The van der Waals surface area contributed by atoms with E-state index in [9.17, 15) is 14.4 Å². The predicted octanol–water partition coefficient (Wildman–Crippen LogP) is 3.13. The van der Waals surface area contributed by atoms with E-state index in [2.05, 4.69) is 15.3 Å². The molecule has 32 heavy (non-hydrogen) atoms. The Bertz CT molecular complexity index is 1390. The molecule has 1 amide bonds. The van der Waals surface area contributed by atoms with Crippen molar-refractivity contribution in [3.63, 3.8) is 0 Å². The molecule has 7 nitrogen and oxygen atoms in total. The minimum absolute atomic E-state index is 0.0188. The third-order valence-corrected chi connectivity index (χ3v) is 8.01. The summed E-state index contributed by atoms with van der Waals surface area (Å²) in [6, 6.07) is 5.53. The van der Waals surface area contributed by atoms with Crippen LogP contribution in [-0.2, 0) is 30.5 Å². The number of benzene rings is 1. The number of nitrogens with one attached hydrogen (secondary N) is 2. The van der Waals surface area contributed by atoms with Crippen LogP contribution in [-0.4, -0.2) is 26.2 Å². The molecule has 0 saturated heterocycles. The molecule has 6 rings (SSSR count). The van der Waals surface area contributed by atoms with Gasteiger partial charge in [0, 0.05) is 34.4 Å². The summed E-state index contributed by atoms with van der Waals surface area (Å²) in [4.78, 5) is 45.9. The highest BCUT2D eigenvalue weighted by Crippen LogP contribution is 2.34. The number of H-pyrrole nitrogens is 1. The predicted molar refractivity (Wildman–Crippen MR) is 125 cm³/mol. The largest absolute Gasteiger partial charge is 0.326 e. The van der Waals surface area contributed by atoms with Gasteiger partial charge in [-0.1, -0.05) is 17.8 Å². The lowest BCUT2D eigenvalue weighted by Gasteiger charge is -2.18. The minimum Gasteiger partial charge on any atom is -0.326 e. The van der Waals surface area contributed by atoms with Crippen molar-refractivity contribution in [2.24, 2.45) is 0 Å². The van der Waals surface area contributed by atoms with E-state index < -0.39 is 0 Å². The summed E-state index contributed by atoms with van der Waals surface area (Å²) < 4.78 is 1.72. The molecule has 0 bridgehead atoms. The van der Waals surface area contributed by atoms with Gasteiger partial charge < -0.3 is 10.3 Å². The first-order valence-corrected chi connectivity index (χ1v) is 12.3. The quantitative estimate of drug-likeness (QED) is 0.600. The highest BCUT2D eigenvalue weighted by atomic mass is 32.2. The molecule has 2 aromatic heterocycles. The number of carbonyl (C=O) groups excluding carboxylic acids is 1. The number of pyridine rings is 1. The molecule has 3 aliphatic rings. The van der Waals surface area contributed by atoms with E-state index >= 15 is 0 Å². The number of aromatic nitrogens is 3. The second-order valence-electron chi connectivity index (χ2n) is 8.94. The number of aromatic amines is 1. The molecule has 3 heterocycles. The Morgan fingerprint density at radius 2 is 1.91 bits per heavy atom. The normalized spacial score (nSPS) is 18.9. The Balaban J connectivity index is 1.24. The van der Waals surface area contributed by atoms with Gasteiger partial charge in [-0.25, -0.2) is 4.98 Å². The number of hydrogen-bond acceptors (Lipinski definition) is 5. The molecular weight excluding hydrogens is 424 g/mol. The first kappa shape index (κ1) is 19.8. The van der Waals surface area contributed by atoms with Crippen molar-refractivity contribution < 1.29 is 4.79 Å². The van der Waals surface area contributed by atoms with Crippen LogP contribution >= 0.6 is 11.8 Å². The van der Waals surface area contributed by atoms with E-state index in [-0.39, 0.29) is 29.5 Å². The fourth-order valence-corrected chi connectivity index (χ4v) is 6.52. The summed E-state index contributed by atoms with van der Waals surface area (Å²) in [7, 11) is 0. The van der Waals surface area contributed by atoms with E-state index in [1.165, 1.54) is 0 Å². The lowest BCUT2D eigenvalue weighted by atomic mass is 9.90. The van der Waals surface area contributed by atoms with Crippen LogP contribution in [0, 0.1) is 0 Å². The fourth-order valence-electron chi connectivity index (χ4n) is 5.37. The van der Waals surface area contributed by atoms with E-state index in [4.69, 9.17) is 0 Å². The Morgan fingerprint density at radius 1 is 1.09 bits per heavy atom. The highest BCUT2D eigenvalue weighted by Gasteiger charge is 2.31. The van der Waals surface area contributed by atoms with Crippen LogP contribution < -0.4 is 16.4 Å². The topological polar surface area (TPSA) is 96.8 Å². The van der Waals surface area contributed by atoms with Crippen LogP contribution in [0.25, 0.3) is 10.9 Å². The molecule has 3 aromatic rings. The van der Waals surface area contributed by atoms with Crippen LogP contribution in [0.3, 0.4) is 0 Å². The average molecular weight is 449 g/mol. The Hall–Kier alpha value is -2.87. The van der Waals surface area contributed by atoms with Crippen molar-refractivity contribution in [1.29, 1.82) is 0 Å². The van der Waals surface area contributed by atoms with E-state index in [0.717, 1.165) is 83.4 Å². The molecule has 164 valence electrons. The number of hydrogen-bond donors (Lipinski definition) is 2. The maximum Gasteiger partial charge on any atom is 0.257 e. The molecule has 0 radical (unpaired) electrons. The standard InChI is InChI=1S/C24H24N4O3S/c29-21(11-14-12-32-24-27-19-7-3-6-18(19)23(31)28(14)24)25-13-8-9-16-15-4-1-2-5-17(15)22(30)26-20(16)10-13/h8-10,14H,1-7,11-12H2,(H,25,29)(H,26,30). The lowest BCUT2D eigenvalue weighted by Crippen LogP contribution is -2.30. The SMILES string of the molecule is O=C(CC1CSc2nc3c(c(=O)n21)CCC3)Nc1ccc2c3c(c(=O)[nH]c2c1)CCCC3. The molecule has 2 aliphatic carbocycles. The van der Waals surface area contributed by atoms with Crippen molar-refractivity contribution in [3.8, 4) is 0 Å². The van der Waals surface area contributed by atoms with Crippen molar-refractivity contribution >= 4 is 34.3 Å². The number of carbonyl (C=O) groups is 1. The van der Waals surface area contributed by atoms with Gasteiger partial charge in [-0.05, 0) is 62.6 Å². The second-order valence-corrected chi connectivity index (χ2v) is 9.93. The summed E-state index contributed by atoms with van der Waals surface area (Å²) in [5.74, 6) is 0.533. The summed E-state index contributed by atoms with van der Waals surface area (Å²) in [5.41, 5.74) is 5.23. The van der Waals surface area contributed by atoms with E-state index in [1.54, 1.807) is 16.3 Å². The maximum absolute atomic E-state index is 12.9. The molecule has 8 heteroatoms. The molecular formula is C24H24N4O3S. The summed E-state index contributed by atoms with van der Waals surface area (Å²) in [6.45, 7) is 0. The van der Waals surface area contributed by atoms with Crippen LogP contribution in [0.5, 0.6) is 0 Å². The zero-order chi connectivity index (χ0) is 21.8. The first-order valence-electron chi connectivity index (χ1n) is 11.3. The van der Waals surface area contributed by atoms with Crippen LogP contribution in [0.15, 0.2) is 32.9 Å². The van der Waals surface area contributed by atoms with Gasteiger partial charge in [-0.2, -0.15) is 0 Å². The fraction of sp³-hybridized carbons (Fsp3) is 0.417. The Morgan fingerprint density at radius 3 is 2.78 bits per heavy atom. The summed E-state index contributed by atoms with van der Waals surface area (Å²) >= 11 is 1.55. The number of fused-ring (bicyclic) bond motifs is 5. The van der Waals surface area contributed by atoms with Gasteiger partial charge in [-0.15, -0.1) is 0 Å². The molecule has 1 aliphatic heterocycles. The van der Waals surface area contributed by atoms with Gasteiger partial charge in [0.2, 0.25) is 5.91 Å². The number of rotatable bonds is 3. The monoisotopic (exact) mass is 448 g/mol. The van der Waals surface area contributed by atoms with Gasteiger partial charge >= 0.3 is 0 Å². The molecule has 1 aromatic carbocycles. The maximum atomic E-state index is 12.9. The highest BCUT2D eigenvalue weighted by molar-refractivity contribution is 7.99. The van der Waals surface area contributed by atoms with Crippen LogP contribution in [0.4, 0.5) is 5.69 Å². The first-order chi connectivity index (χ1) is 15.6. The van der Waals surface area contributed by atoms with Crippen molar-refractivity contribution in [3.05, 3.63) is 61.3 Å². The minimum atomic E-state index is -0.187. The third-order valence-electron chi connectivity index (χ3n) is 6.91. The van der Waals surface area contributed by atoms with Crippen LogP contribution in [0.2, 0.25) is 0 Å². The van der Waals surface area contributed by atoms with Crippen molar-refractivity contribution in [1.82, 2.24) is 14.5 Å². The summed E-state index contributed by atoms with van der Waals surface area (Å²) in [6.07, 6.45) is 6.76. The van der Waals surface area contributed by atoms with Gasteiger partial charge in [0.15, 0.2) is 5.16 Å². The second kappa shape index (κ2) is 7.62. The molecule has 1 atom stereocenters. The lowest BCUT2D eigenvalue weighted by molar-refractivity contribution is -0.116. The Labute approximate surface area is 188 Å². The van der Waals surface area contributed by atoms with Crippen molar-refractivity contribution in [2.75, 3.05) is 11.1 Å². The molecule has 2 N–H and O–H groups in total. The average Bonchev–Trinajstić information content (AvgIpc) is 3.41. The molecule has 0 fully saturated rings. The molecule has 1 unspecified atom stereocenters. The smallest absolute Gasteiger partial charge is 0.257 e. The molecule has 0 spiro atoms. The number of amides is 1. The zero-order valence-electron chi connectivity index (χ0n) is 17.7. The zero-order valence-corrected chi connectivity index (χ0v) is 18.5. The van der Waals surface area contributed by atoms with Crippen LogP contribution in [0.1, 0.15) is 54.1 Å².